The van der Waals surface area contributed by atoms with Crippen molar-refractivity contribution in [3.63, 3.8) is 0 Å². The molecule has 5 nitrogen and oxygen atoms in total. The number of rotatable bonds is 1. The van der Waals surface area contributed by atoms with Crippen LogP contribution in [0.2, 0.25) is 0 Å². The summed E-state index contributed by atoms with van der Waals surface area (Å²) in [6.45, 7) is 4.44. The van der Waals surface area contributed by atoms with Crippen LogP contribution in [0.1, 0.15) is 39.5 Å². The van der Waals surface area contributed by atoms with E-state index in [-0.39, 0.29) is 16.2 Å². The van der Waals surface area contributed by atoms with Gasteiger partial charge in [0.2, 0.25) is 0 Å². The van der Waals surface area contributed by atoms with E-state index in [4.69, 9.17) is 15.4 Å². The van der Waals surface area contributed by atoms with E-state index in [0.29, 0.717) is 0 Å². The van der Waals surface area contributed by atoms with Crippen LogP contribution in [-0.2, 0) is 10.1 Å². The number of phenolic OH excluding ortho intramolecular Hbond substituents is 1. The van der Waals surface area contributed by atoms with E-state index in [0.717, 1.165) is 18.1 Å². The van der Waals surface area contributed by atoms with Crippen LogP contribution in [-0.4, -0.2) is 23.6 Å². The molecule has 2 atom stereocenters. The van der Waals surface area contributed by atoms with Crippen molar-refractivity contribution < 1.29 is 18.1 Å². The van der Waals surface area contributed by atoms with Gasteiger partial charge in [-0.15, -0.1) is 0 Å². The first-order chi connectivity index (χ1) is 9.13. The predicted octanol–water partition coefficient (Wildman–Crippen LogP) is 2.55. The molecule has 2 rings (SSSR count). The number of phenols is 1. The zero-order chi connectivity index (χ0) is 15.4. The van der Waals surface area contributed by atoms with Crippen molar-refractivity contribution in [2.24, 2.45) is 11.7 Å². The van der Waals surface area contributed by atoms with Gasteiger partial charge in [0.1, 0.15) is 5.75 Å². The topological polar surface area (TPSA) is 101 Å². The predicted molar refractivity (Wildman–Crippen MR) is 78.1 cm³/mol. The Labute approximate surface area is 120 Å². The Bertz CT molecular complexity index is 523. The van der Waals surface area contributed by atoms with E-state index < -0.39 is 10.1 Å². The van der Waals surface area contributed by atoms with E-state index in [2.05, 4.69) is 13.8 Å². The van der Waals surface area contributed by atoms with Crippen molar-refractivity contribution in [1.29, 1.82) is 0 Å². The van der Waals surface area contributed by atoms with Crippen LogP contribution < -0.4 is 5.73 Å². The quantitative estimate of drug-likeness (QED) is 0.692. The van der Waals surface area contributed by atoms with Gasteiger partial charge in [-0.2, -0.15) is 8.42 Å². The molecule has 6 heteroatoms. The van der Waals surface area contributed by atoms with Gasteiger partial charge >= 0.3 is 0 Å². The fraction of sp³-hybridized carbons (Fsp3) is 0.571. The summed E-state index contributed by atoms with van der Waals surface area (Å²) >= 11 is 0. The van der Waals surface area contributed by atoms with Crippen LogP contribution in [0.5, 0.6) is 5.75 Å². The maximum atomic E-state index is 10.4. The molecule has 0 aliphatic heterocycles. The lowest BCUT2D eigenvalue weighted by molar-refractivity contribution is 0.226. The second kappa shape index (κ2) is 6.56. The molecule has 1 aliphatic rings. The third-order valence-corrected chi connectivity index (χ3v) is 4.73. The maximum absolute atomic E-state index is 10.4. The third-order valence-electron chi connectivity index (χ3n) is 3.86. The summed E-state index contributed by atoms with van der Waals surface area (Å²) in [5.41, 5.74) is 6.16. The van der Waals surface area contributed by atoms with Gasteiger partial charge in [0.05, 0.1) is 4.90 Å². The normalized spacial score (nSPS) is 26.5. The minimum atomic E-state index is -4.13. The highest BCUT2D eigenvalue weighted by atomic mass is 32.2. The zero-order valence-electron chi connectivity index (χ0n) is 11.9. The Morgan fingerprint density at radius 2 is 1.80 bits per heavy atom. The zero-order valence-corrected chi connectivity index (χ0v) is 12.7. The lowest BCUT2D eigenvalue weighted by Gasteiger charge is -2.35. The summed E-state index contributed by atoms with van der Waals surface area (Å²) in [6, 6.07) is 4.60. The van der Waals surface area contributed by atoms with Crippen LogP contribution in [0, 0.1) is 5.92 Å². The minimum Gasteiger partial charge on any atom is -0.508 e. The molecule has 0 aromatic heterocycles. The number of hydrogen-bond donors (Lipinski definition) is 3. The molecule has 1 aromatic rings. The summed E-state index contributed by atoms with van der Waals surface area (Å²) in [6.07, 6.45) is 5.26. The number of hydrogen-bond acceptors (Lipinski definition) is 4. The minimum absolute atomic E-state index is 0.0441. The average molecular weight is 301 g/mol. The number of benzene rings is 1. The largest absolute Gasteiger partial charge is 0.508 e. The molecule has 1 aromatic carbocycles. The second-order valence-electron chi connectivity index (χ2n) is 5.62. The summed E-state index contributed by atoms with van der Waals surface area (Å²) in [5.74, 6) is 0.684. The molecule has 2 unspecified atom stereocenters. The summed E-state index contributed by atoms with van der Waals surface area (Å²) in [4.78, 5) is -0.227. The number of aromatic hydroxyl groups is 1. The van der Waals surface area contributed by atoms with Crippen molar-refractivity contribution in [3.05, 3.63) is 24.3 Å². The van der Waals surface area contributed by atoms with E-state index in [1.54, 1.807) is 0 Å². The van der Waals surface area contributed by atoms with Gasteiger partial charge in [-0.1, -0.05) is 19.8 Å². The van der Waals surface area contributed by atoms with Crippen molar-refractivity contribution in [2.75, 3.05) is 0 Å². The van der Waals surface area contributed by atoms with Gasteiger partial charge in [-0.25, -0.2) is 0 Å². The molecular weight excluding hydrogens is 278 g/mol. The van der Waals surface area contributed by atoms with Gasteiger partial charge in [0.25, 0.3) is 10.1 Å². The first-order valence-electron chi connectivity index (χ1n) is 6.68. The fourth-order valence-electron chi connectivity index (χ4n) is 2.15. The Balaban J connectivity index is 0.000000204. The highest BCUT2D eigenvalue weighted by Crippen LogP contribution is 2.30. The van der Waals surface area contributed by atoms with Gasteiger partial charge < -0.3 is 10.8 Å². The van der Waals surface area contributed by atoms with Crippen molar-refractivity contribution in [3.8, 4) is 5.75 Å². The molecule has 0 amide bonds. The molecule has 4 N–H and O–H groups in total. The molecule has 20 heavy (non-hydrogen) atoms. The van der Waals surface area contributed by atoms with Gasteiger partial charge in [0.15, 0.2) is 0 Å². The van der Waals surface area contributed by atoms with Crippen LogP contribution in [0.3, 0.4) is 0 Å². The lowest BCUT2D eigenvalue weighted by Crippen LogP contribution is -2.44. The van der Waals surface area contributed by atoms with Crippen molar-refractivity contribution >= 4 is 10.1 Å². The van der Waals surface area contributed by atoms with Gasteiger partial charge in [0, 0.05) is 5.54 Å². The maximum Gasteiger partial charge on any atom is 0.294 e. The van der Waals surface area contributed by atoms with Gasteiger partial charge in [-0.3, -0.25) is 4.55 Å². The molecule has 0 saturated heterocycles. The van der Waals surface area contributed by atoms with E-state index in [9.17, 15) is 8.42 Å². The Hall–Kier alpha value is -1.11. The second-order valence-corrected chi connectivity index (χ2v) is 7.04. The lowest BCUT2D eigenvalue weighted by atomic mass is 9.76. The average Bonchev–Trinajstić information content (AvgIpc) is 2.33. The summed E-state index contributed by atoms with van der Waals surface area (Å²) in [7, 11) is -4.13. The van der Waals surface area contributed by atoms with E-state index >= 15 is 0 Å². The summed E-state index contributed by atoms with van der Waals surface area (Å²) in [5, 5.41) is 8.75. The Kier molecular flexibility index (Phi) is 5.56. The van der Waals surface area contributed by atoms with Crippen LogP contribution in [0.4, 0.5) is 0 Å². The first kappa shape index (κ1) is 16.9. The molecule has 1 fully saturated rings. The van der Waals surface area contributed by atoms with E-state index in [1.165, 1.54) is 37.8 Å². The highest BCUT2D eigenvalue weighted by molar-refractivity contribution is 7.85. The molecule has 0 heterocycles. The highest BCUT2D eigenvalue weighted by Gasteiger charge is 2.28. The third kappa shape index (κ3) is 5.11. The Morgan fingerprint density at radius 3 is 2.15 bits per heavy atom. The van der Waals surface area contributed by atoms with Crippen LogP contribution in [0.25, 0.3) is 0 Å². The SMILES string of the molecule is CC1CCCCC1(C)N.O=S(=O)(O)c1ccc(O)cc1. The summed E-state index contributed by atoms with van der Waals surface area (Å²) < 4.78 is 29.3. The van der Waals surface area contributed by atoms with Crippen molar-refractivity contribution in [2.45, 2.75) is 50.0 Å². The fourth-order valence-corrected chi connectivity index (χ4v) is 2.63. The standard InChI is InChI=1S/C8H17N.C6H6O4S/c1-7-5-3-4-6-8(7,2)9;7-5-1-3-6(4-2-5)11(8,9)10/h7H,3-6,9H2,1-2H3;1-4,7H,(H,8,9,10). The number of nitrogens with two attached hydrogens (primary N) is 1. The molecule has 1 saturated carbocycles. The van der Waals surface area contributed by atoms with Crippen LogP contribution >= 0.6 is 0 Å². The molecule has 0 bridgehead atoms. The van der Waals surface area contributed by atoms with E-state index in [1.807, 2.05) is 0 Å². The smallest absolute Gasteiger partial charge is 0.294 e. The molecule has 0 spiro atoms. The molecular formula is C14H23NO4S. The molecule has 1 aliphatic carbocycles. The molecule has 0 radical (unpaired) electrons. The monoisotopic (exact) mass is 301 g/mol. The van der Waals surface area contributed by atoms with Crippen LogP contribution in [0.15, 0.2) is 29.2 Å². The first-order valence-corrected chi connectivity index (χ1v) is 8.12. The van der Waals surface area contributed by atoms with Crippen molar-refractivity contribution in [1.82, 2.24) is 0 Å². The Morgan fingerprint density at radius 1 is 1.25 bits per heavy atom. The van der Waals surface area contributed by atoms with Gasteiger partial charge in [-0.05, 0) is 49.9 Å². The molecule has 114 valence electrons.